The van der Waals surface area contributed by atoms with E-state index >= 15 is 0 Å². The van der Waals surface area contributed by atoms with E-state index in [1.165, 1.54) is 6.07 Å². The molecule has 0 aliphatic carbocycles. The van der Waals surface area contributed by atoms with E-state index in [1.807, 2.05) is 6.07 Å². The predicted octanol–water partition coefficient (Wildman–Crippen LogP) is 4.61. The molecule has 0 aliphatic heterocycles. The van der Waals surface area contributed by atoms with Crippen LogP contribution in [0.3, 0.4) is 0 Å². The fraction of sp³-hybridized carbons (Fsp3) is 0.143. The molecule has 0 N–H and O–H groups in total. The number of benzene rings is 2. The number of alkyl halides is 3. The third kappa shape index (κ3) is 2.86. The van der Waals surface area contributed by atoms with Gasteiger partial charge in [0, 0.05) is 18.4 Å². The highest BCUT2D eigenvalue weighted by Crippen LogP contribution is 2.35. The molecule has 0 atom stereocenters. The van der Waals surface area contributed by atoms with Crippen LogP contribution in [-0.2, 0) is 6.18 Å². The van der Waals surface area contributed by atoms with Crippen molar-refractivity contribution in [2.45, 2.75) is 6.18 Å². The van der Waals surface area contributed by atoms with Crippen molar-refractivity contribution >= 4 is 11.4 Å². The van der Waals surface area contributed by atoms with Crippen molar-refractivity contribution in [3.05, 3.63) is 59.9 Å². The van der Waals surface area contributed by atoms with Crippen LogP contribution in [0.25, 0.3) is 0 Å². The van der Waals surface area contributed by atoms with Gasteiger partial charge in [-0.15, -0.1) is 0 Å². The molecule has 1 nitrogen and oxygen atoms in total. The first-order valence-electron chi connectivity index (χ1n) is 5.55. The third-order valence-corrected chi connectivity index (χ3v) is 2.79. The summed E-state index contributed by atoms with van der Waals surface area (Å²) in [6, 6.07) is 11.8. The van der Waals surface area contributed by atoms with Gasteiger partial charge < -0.3 is 4.90 Å². The summed E-state index contributed by atoms with van der Waals surface area (Å²) in [5.41, 5.74) is -0.255. The largest absolute Gasteiger partial charge is 0.419 e. The van der Waals surface area contributed by atoms with Gasteiger partial charge in [-0.3, -0.25) is 0 Å². The lowest BCUT2D eigenvalue weighted by Gasteiger charge is -2.21. The van der Waals surface area contributed by atoms with Crippen molar-refractivity contribution in [2.24, 2.45) is 0 Å². The molecule has 0 unspecified atom stereocenters. The summed E-state index contributed by atoms with van der Waals surface area (Å²) < 4.78 is 51.1. The van der Waals surface area contributed by atoms with E-state index in [2.05, 4.69) is 0 Å². The van der Waals surface area contributed by atoms with E-state index in [0.717, 1.165) is 17.8 Å². The molecule has 0 bridgehead atoms. The van der Waals surface area contributed by atoms with Crippen LogP contribution in [0.5, 0.6) is 0 Å². The van der Waals surface area contributed by atoms with Gasteiger partial charge in [0.15, 0.2) is 0 Å². The maximum Gasteiger partial charge on any atom is 0.419 e. The van der Waals surface area contributed by atoms with Crippen molar-refractivity contribution in [3.8, 4) is 0 Å². The Bertz CT molecular complexity index is 563. The van der Waals surface area contributed by atoms with Crippen LogP contribution in [0.15, 0.2) is 48.5 Å². The lowest BCUT2D eigenvalue weighted by molar-refractivity contribution is -0.139. The molecule has 0 heterocycles. The van der Waals surface area contributed by atoms with Crippen molar-refractivity contribution in [3.63, 3.8) is 0 Å². The summed E-state index contributed by atoms with van der Waals surface area (Å²) in [6.45, 7) is 0. The highest BCUT2D eigenvalue weighted by molar-refractivity contribution is 5.63. The standard InChI is InChI=1S/C14H11F4N/c1-19(10-5-3-2-4-6-10)11-7-8-13(15)12(9-11)14(16,17)18/h2-9H,1H3. The van der Waals surface area contributed by atoms with Crippen molar-refractivity contribution < 1.29 is 17.6 Å². The third-order valence-electron chi connectivity index (χ3n) is 2.79. The SMILES string of the molecule is CN(c1ccccc1)c1ccc(F)c(C(F)(F)F)c1. The first-order chi connectivity index (χ1) is 8.89. The molecular formula is C14H11F4N. The lowest BCUT2D eigenvalue weighted by atomic mass is 10.1. The monoisotopic (exact) mass is 269 g/mol. The van der Waals surface area contributed by atoms with Gasteiger partial charge in [0.25, 0.3) is 0 Å². The molecule has 2 rings (SSSR count). The quantitative estimate of drug-likeness (QED) is 0.719. The lowest BCUT2D eigenvalue weighted by Crippen LogP contribution is -2.13. The smallest absolute Gasteiger partial charge is 0.345 e. The van der Waals surface area contributed by atoms with E-state index in [0.29, 0.717) is 0 Å². The molecule has 100 valence electrons. The Morgan fingerprint density at radius 1 is 0.895 bits per heavy atom. The summed E-state index contributed by atoms with van der Waals surface area (Å²) in [5, 5.41) is 0. The molecule has 2 aromatic carbocycles. The number of halogens is 4. The zero-order chi connectivity index (χ0) is 14.0. The van der Waals surface area contributed by atoms with E-state index in [4.69, 9.17) is 0 Å². The summed E-state index contributed by atoms with van der Waals surface area (Å²) >= 11 is 0. The van der Waals surface area contributed by atoms with Gasteiger partial charge in [-0.25, -0.2) is 4.39 Å². The summed E-state index contributed by atoms with van der Waals surface area (Å²) in [6.07, 6.45) is -4.70. The zero-order valence-corrected chi connectivity index (χ0v) is 10.1. The van der Waals surface area contributed by atoms with Gasteiger partial charge in [0.1, 0.15) is 5.82 Å². The minimum Gasteiger partial charge on any atom is -0.345 e. The van der Waals surface area contributed by atoms with Crippen molar-refractivity contribution in [2.75, 3.05) is 11.9 Å². The average molecular weight is 269 g/mol. The van der Waals surface area contributed by atoms with Crippen LogP contribution < -0.4 is 4.90 Å². The van der Waals surface area contributed by atoms with Crippen LogP contribution in [-0.4, -0.2) is 7.05 Å². The Morgan fingerprint density at radius 3 is 2.11 bits per heavy atom. The second-order valence-electron chi connectivity index (χ2n) is 4.06. The second-order valence-corrected chi connectivity index (χ2v) is 4.06. The normalized spacial score (nSPS) is 11.4. The van der Waals surface area contributed by atoms with Gasteiger partial charge in [-0.1, -0.05) is 18.2 Å². The van der Waals surface area contributed by atoms with E-state index in [9.17, 15) is 17.6 Å². The Kier molecular flexibility index (Phi) is 3.46. The zero-order valence-electron chi connectivity index (χ0n) is 10.1. The van der Waals surface area contributed by atoms with Crippen LogP contribution in [0.4, 0.5) is 28.9 Å². The van der Waals surface area contributed by atoms with E-state index in [-0.39, 0.29) is 5.69 Å². The minimum atomic E-state index is -4.70. The molecule has 5 heteroatoms. The van der Waals surface area contributed by atoms with E-state index in [1.54, 1.807) is 36.2 Å². The number of rotatable bonds is 2. The molecule has 0 aromatic heterocycles. The van der Waals surface area contributed by atoms with Crippen molar-refractivity contribution in [1.82, 2.24) is 0 Å². The first kappa shape index (κ1) is 13.4. The van der Waals surface area contributed by atoms with E-state index < -0.39 is 17.6 Å². The number of hydrogen-bond acceptors (Lipinski definition) is 1. The first-order valence-corrected chi connectivity index (χ1v) is 5.55. The molecule has 0 radical (unpaired) electrons. The maximum absolute atomic E-state index is 13.2. The maximum atomic E-state index is 13.2. The fourth-order valence-corrected chi connectivity index (χ4v) is 1.74. The van der Waals surface area contributed by atoms with Gasteiger partial charge in [0.2, 0.25) is 0 Å². The van der Waals surface area contributed by atoms with Crippen molar-refractivity contribution in [1.29, 1.82) is 0 Å². The molecule has 0 fully saturated rings. The number of nitrogens with zero attached hydrogens (tertiary/aromatic N) is 1. The predicted molar refractivity (Wildman–Crippen MR) is 65.9 cm³/mol. The van der Waals surface area contributed by atoms with Gasteiger partial charge in [0.05, 0.1) is 5.56 Å². The highest BCUT2D eigenvalue weighted by Gasteiger charge is 2.34. The van der Waals surface area contributed by atoms with Crippen LogP contribution in [0.1, 0.15) is 5.56 Å². The summed E-state index contributed by atoms with van der Waals surface area (Å²) in [4.78, 5) is 1.56. The molecule has 0 aliphatic rings. The van der Waals surface area contributed by atoms with Crippen LogP contribution >= 0.6 is 0 Å². The van der Waals surface area contributed by atoms with Crippen LogP contribution in [0, 0.1) is 5.82 Å². The average Bonchev–Trinajstić information content (AvgIpc) is 2.38. The van der Waals surface area contributed by atoms with Gasteiger partial charge >= 0.3 is 6.18 Å². The Labute approximate surface area is 108 Å². The minimum absolute atomic E-state index is 0.278. The Hall–Kier alpha value is -2.04. The van der Waals surface area contributed by atoms with Gasteiger partial charge in [-0.2, -0.15) is 13.2 Å². The number of anilines is 2. The number of hydrogen-bond donors (Lipinski definition) is 0. The molecule has 0 saturated carbocycles. The Balaban J connectivity index is 2.42. The molecule has 19 heavy (non-hydrogen) atoms. The Morgan fingerprint density at radius 2 is 1.53 bits per heavy atom. The fourth-order valence-electron chi connectivity index (χ4n) is 1.74. The van der Waals surface area contributed by atoms with Gasteiger partial charge in [-0.05, 0) is 30.3 Å². The van der Waals surface area contributed by atoms with Crippen LogP contribution in [0.2, 0.25) is 0 Å². The highest BCUT2D eigenvalue weighted by atomic mass is 19.4. The molecule has 0 spiro atoms. The summed E-state index contributed by atoms with van der Waals surface area (Å²) in [5.74, 6) is -1.27. The topological polar surface area (TPSA) is 3.24 Å². The summed E-state index contributed by atoms with van der Waals surface area (Å²) in [7, 11) is 1.63. The molecule has 2 aromatic rings. The number of para-hydroxylation sites is 1. The molecule has 0 saturated heterocycles. The molecule has 0 amide bonds. The molecular weight excluding hydrogens is 258 g/mol. The second kappa shape index (κ2) is 4.91.